The molecule has 0 bridgehead atoms. The van der Waals surface area contributed by atoms with Crippen molar-refractivity contribution in [3.8, 4) is 0 Å². The normalized spacial score (nSPS) is 20.8. The maximum Gasteiger partial charge on any atom is 0.330 e. The number of unbranched alkanes of at least 4 members (excludes halogenated alkanes) is 7. The minimum Gasteiger partial charge on any atom is -0.790 e. The van der Waals surface area contributed by atoms with Crippen LogP contribution in [0.1, 0.15) is 89.3 Å². The van der Waals surface area contributed by atoms with E-state index in [0.29, 0.717) is 6.42 Å². The second kappa shape index (κ2) is 17.0. The fourth-order valence-electron chi connectivity index (χ4n) is 5.16. The lowest BCUT2D eigenvalue weighted by Gasteiger charge is -2.30. The number of aromatic amines is 1. The summed E-state index contributed by atoms with van der Waals surface area (Å²) in [6.07, 6.45) is 13.2. The molecule has 0 radical (unpaired) electrons. The zero-order chi connectivity index (χ0) is 30.5. The second-order valence-corrected chi connectivity index (χ2v) is 12.2. The number of hydrogen-bond acceptors (Lipinski definition) is 9. The highest BCUT2D eigenvalue weighted by atomic mass is 31.2. The number of aromatic nitrogens is 2. The van der Waals surface area contributed by atoms with E-state index < -0.39 is 50.1 Å². The van der Waals surface area contributed by atoms with Gasteiger partial charge in [0.15, 0.2) is 0 Å². The Morgan fingerprint density at radius 1 is 1.05 bits per heavy atom. The number of carbonyl (C=O) groups excluding carboxylic acids is 1. The second-order valence-electron chi connectivity index (χ2n) is 11.1. The van der Waals surface area contributed by atoms with Crippen molar-refractivity contribution in [1.82, 2.24) is 9.55 Å². The summed E-state index contributed by atoms with van der Waals surface area (Å²) in [7, 11) is -5.30. The molecule has 2 aliphatic rings. The molecule has 0 spiro atoms. The Hall–Kier alpha value is -2.44. The van der Waals surface area contributed by atoms with Crippen LogP contribution in [0.15, 0.2) is 15.8 Å². The summed E-state index contributed by atoms with van der Waals surface area (Å²) in [4.78, 5) is 60.8. The van der Waals surface area contributed by atoms with Crippen LogP contribution in [-0.4, -0.2) is 82.1 Å². The van der Waals surface area contributed by atoms with Gasteiger partial charge >= 0.3 is 11.7 Å². The Balaban J connectivity index is 1.42. The summed E-state index contributed by atoms with van der Waals surface area (Å²) in [5, 5.41) is 0. The highest BCUT2D eigenvalue weighted by molar-refractivity contribution is 7.43. The van der Waals surface area contributed by atoms with E-state index in [0.717, 1.165) is 37.2 Å². The van der Waals surface area contributed by atoms with Crippen molar-refractivity contribution in [3.63, 3.8) is 0 Å². The maximum absolute atomic E-state index is 12.6. The summed E-state index contributed by atoms with van der Waals surface area (Å²) in [6, 6.07) is 0. The van der Waals surface area contributed by atoms with Gasteiger partial charge in [-0.1, -0.05) is 39.0 Å². The van der Waals surface area contributed by atoms with Gasteiger partial charge in [0.05, 0.1) is 14.4 Å². The van der Waals surface area contributed by atoms with Gasteiger partial charge in [0.2, 0.25) is 25.5 Å². The molecule has 3 rings (SSSR count). The van der Waals surface area contributed by atoms with Crippen LogP contribution in [0.3, 0.4) is 0 Å². The van der Waals surface area contributed by atoms with Crippen molar-refractivity contribution < 1.29 is 42.3 Å². The van der Waals surface area contributed by atoms with Crippen LogP contribution in [0.25, 0.3) is 0 Å². The molecule has 42 heavy (non-hydrogen) atoms. The maximum atomic E-state index is 12.6. The van der Waals surface area contributed by atoms with Crippen molar-refractivity contribution in [2.75, 3.05) is 32.8 Å². The molecule has 13 nitrogen and oxygen atoms in total. The Bertz CT molecular complexity index is 1250. The van der Waals surface area contributed by atoms with E-state index in [1.807, 2.05) is 0 Å². The van der Waals surface area contributed by atoms with Gasteiger partial charge < -0.3 is 28.3 Å². The number of hydrogen-bond donors (Lipinski definition) is 1. The molecule has 1 fully saturated rings. The lowest BCUT2D eigenvalue weighted by atomic mass is 10.1. The number of ether oxygens (including phenoxy) is 2. The lowest BCUT2D eigenvalue weighted by molar-refractivity contribution is -0.605. The average Bonchev–Trinajstić information content (AvgIpc) is 3.34. The first-order valence-electron chi connectivity index (χ1n) is 15.1. The molecule has 14 heteroatoms. The van der Waals surface area contributed by atoms with E-state index in [4.69, 9.17) is 9.47 Å². The molecule has 1 aromatic heterocycles. The van der Waals surface area contributed by atoms with E-state index in [1.165, 1.54) is 58.1 Å². The number of esters is 1. The molecule has 0 saturated carbocycles. The topological polar surface area (TPSA) is 169 Å². The predicted octanol–water partition coefficient (Wildman–Crippen LogP) is 0.991. The van der Waals surface area contributed by atoms with E-state index in [2.05, 4.69) is 38.0 Å². The molecule has 3 atom stereocenters. The van der Waals surface area contributed by atoms with Crippen molar-refractivity contribution in [2.24, 2.45) is 0 Å². The molecule has 0 aliphatic carbocycles. The third-order valence-electron chi connectivity index (χ3n) is 7.60. The van der Waals surface area contributed by atoms with Crippen LogP contribution in [0.2, 0.25) is 0 Å². The molecular formula is C28H45N4O9P. The molecular weight excluding hydrogens is 567 g/mol. The number of phosphoric ester groups is 1. The zero-order valence-electron chi connectivity index (χ0n) is 24.7. The molecule has 1 N–H and O–H groups in total. The van der Waals surface area contributed by atoms with Gasteiger partial charge in [-0.3, -0.25) is 19.1 Å². The van der Waals surface area contributed by atoms with Gasteiger partial charge in [-0.2, -0.15) is 0 Å². The molecule has 236 valence electrons. The fourth-order valence-corrected chi connectivity index (χ4v) is 5.49. The summed E-state index contributed by atoms with van der Waals surface area (Å²) < 4.78 is 32.4. The van der Waals surface area contributed by atoms with Gasteiger partial charge in [-0.25, -0.2) is 13.9 Å². The largest absolute Gasteiger partial charge is 0.790 e. The number of rotatable bonds is 18. The molecule has 1 saturated heterocycles. The molecule has 1 aromatic rings. The van der Waals surface area contributed by atoms with E-state index in [1.54, 1.807) is 0 Å². The molecule has 2 aliphatic heterocycles. The summed E-state index contributed by atoms with van der Waals surface area (Å²) in [6.45, 7) is 6.91. The average molecular weight is 613 g/mol. The Kier molecular flexibility index (Phi) is 13.8. The van der Waals surface area contributed by atoms with Crippen molar-refractivity contribution in [2.45, 2.75) is 103 Å². The van der Waals surface area contributed by atoms with Crippen LogP contribution in [0.5, 0.6) is 0 Å². The third-order valence-corrected chi connectivity index (χ3v) is 8.07. The number of nitrogens with zero attached hydrogens (tertiary/aromatic N) is 3. The zero-order valence-corrected chi connectivity index (χ0v) is 25.6. The molecule has 0 amide bonds. The minimum absolute atomic E-state index is 0.0150. The van der Waals surface area contributed by atoms with E-state index >= 15 is 0 Å². The summed E-state index contributed by atoms with van der Waals surface area (Å²) in [5.74, 6) is -0.498. The van der Waals surface area contributed by atoms with Crippen LogP contribution < -0.4 is 21.0 Å². The lowest BCUT2D eigenvalue weighted by Crippen LogP contribution is -2.34. The van der Waals surface area contributed by atoms with Crippen LogP contribution >= 0.6 is 7.82 Å². The third kappa shape index (κ3) is 11.7. The summed E-state index contributed by atoms with van der Waals surface area (Å²) >= 11 is 0. The van der Waals surface area contributed by atoms with Gasteiger partial charge in [0.1, 0.15) is 31.5 Å². The van der Waals surface area contributed by atoms with Crippen molar-refractivity contribution in [3.05, 3.63) is 32.6 Å². The Morgan fingerprint density at radius 2 is 1.67 bits per heavy atom. The SMILES string of the molecule is CCCCCCCCC[N+]1=CC=[N+](CCCCC(=O)O[C@H]2C[C@H](n3cc(C)c(=O)[nH]c3=O)O[C@@H]2COP(=O)([O-])[O-])CC1. The van der Waals surface area contributed by atoms with Crippen molar-refractivity contribution >= 4 is 26.2 Å². The Morgan fingerprint density at radius 3 is 2.29 bits per heavy atom. The standard InChI is InChI=1S/C28H45N4O9P/c1-3-4-5-6-7-8-10-13-30-15-17-31(18-16-30)14-11-9-12-26(33)41-23-19-25(40-24(23)21-39-42(36,37)38)32-20-22(2)27(34)29-28(32)35/h15,17,20,23-25H,3-14,16,18-19,21H2,1-2H3,(H-2,29,34,35,36,37,38)/t23-,24+,25+/m0/s1. The number of aryl methyl sites for hydroxylation is 1. The van der Waals surface area contributed by atoms with Crippen molar-refractivity contribution in [1.29, 1.82) is 0 Å². The Labute approximate surface area is 246 Å². The molecule has 0 aromatic carbocycles. The highest BCUT2D eigenvalue weighted by Crippen LogP contribution is 2.33. The van der Waals surface area contributed by atoms with E-state index in [-0.39, 0.29) is 18.4 Å². The van der Waals surface area contributed by atoms with Crippen LogP contribution in [0, 0.1) is 6.92 Å². The van der Waals surface area contributed by atoms with Gasteiger partial charge in [0, 0.05) is 37.4 Å². The number of nitrogens with one attached hydrogen (secondary N) is 1. The quantitative estimate of drug-likeness (QED) is 0.110. The van der Waals surface area contributed by atoms with Gasteiger partial charge in [-0.05, 0) is 19.8 Å². The van der Waals surface area contributed by atoms with Crippen LogP contribution in [-0.2, 0) is 23.4 Å². The highest BCUT2D eigenvalue weighted by Gasteiger charge is 2.39. The molecule has 3 heterocycles. The minimum atomic E-state index is -5.30. The predicted molar refractivity (Wildman–Crippen MR) is 152 cm³/mol. The van der Waals surface area contributed by atoms with Gasteiger partial charge in [0.25, 0.3) is 5.56 Å². The molecule has 0 unspecified atom stereocenters. The number of phosphoric acid groups is 1. The summed E-state index contributed by atoms with van der Waals surface area (Å²) in [5.41, 5.74) is -1.01. The van der Waals surface area contributed by atoms with Gasteiger partial charge in [-0.15, -0.1) is 0 Å². The monoisotopic (exact) mass is 612 g/mol. The number of H-pyrrole nitrogens is 1. The number of carbonyl (C=O) groups is 1. The smallest absolute Gasteiger partial charge is 0.330 e. The van der Waals surface area contributed by atoms with E-state index in [9.17, 15) is 28.7 Å². The first kappa shape index (κ1) is 34.1. The fraction of sp³-hybridized carbons (Fsp3) is 0.750. The van der Waals surface area contributed by atoms with Crippen LogP contribution in [0.4, 0.5) is 0 Å². The first-order valence-corrected chi connectivity index (χ1v) is 16.5. The first-order chi connectivity index (χ1) is 20.1.